The van der Waals surface area contributed by atoms with Crippen LogP contribution >= 0.6 is 15.9 Å². The molecule has 0 radical (unpaired) electrons. The number of hydrogen-bond acceptors (Lipinski definition) is 3. The highest BCUT2D eigenvalue weighted by atomic mass is 79.9. The van der Waals surface area contributed by atoms with Gasteiger partial charge in [0.05, 0.1) is 0 Å². The molecule has 0 unspecified atom stereocenters. The van der Waals surface area contributed by atoms with E-state index in [1.807, 2.05) is 13.8 Å². The lowest BCUT2D eigenvalue weighted by atomic mass is 10.1. The van der Waals surface area contributed by atoms with E-state index in [9.17, 15) is 13.2 Å². The van der Waals surface area contributed by atoms with Crippen molar-refractivity contribution in [3.05, 3.63) is 45.6 Å². The molecule has 0 saturated carbocycles. The number of halogens is 4. The molecule has 0 saturated heterocycles. The van der Waals surface area contributed by atoms with Gasteiger partial charge < -0.3 is 4.74 Å². The average molecular weight is 347 g/mol. The number of hydrogen-bond donors (Lipinski definition) is 0. The predicted octanol–water partition coefficient (Wildman–Crippen LogP) is 4.67. The zero-order chi connectivity index (χ0) is 14.9. The number of alkyl halides is 3. The Labute approximate surface area is 121 Å². The quantitative estimate of drug-likeness (QED) is 0.792. The Morgan fingerprint density at radius 1 is 1.05 bits per heavy atom. The molecule has 1 aromatic heterocycles. The second-order valence-corrected chi connectivity index (χ2v) is 5.02. The van der Waals surface area contributed by atoms with Crippen LogP contribution in [0.15, 0.2) is 28.7 Å². The molecule has 0 atom stereocenters. The summed E-state index contributed by atoms with van der Waals surface area (Å²) >= 11 is 3.42. The Morgan fingerprint density at radius 3 is 2.10 bits per heavy atom. The first-order valence-corrected chi connectivity index (χ1v) is 6.42. The molecule has 0 fully saturated rings. The molecular formula is C13H10BrF3N2O. The van der Waals surface area contributed by atoms with Crippen LogP contribution < -0.4 is 4.74 Å². The number of aryl methyl sites for hydroxylation is 2. The maximum atomic E-state index is 12.3. The first-order valence-electron chi connectivity index (χ1n) is 5.63. The van der Waals surface area contributed by atoms with Gasteiger partial charge >= 0.3 is 6.18 Å². The molecule has 0 aliphatic carbocycles. The third kappa shape index (κ3) is 3.27. The Bertz CT molecular complexity index is 603. The van der Waals surface area contributed by atoms with Gasteiger partial charge in [0.2, 0.25) is 5.88 Å². The van der Waals surface area contributed by atoms with E-state index in [0.29, 0.717) is 5.75 Å². The number of rotatable bonds is 2. The molecular weight excluding hydrogens is 337 g/mol. The Kier molecular flexibility index (Phi) is 3.99. The Balaban J connectivity index is 2.23. The van der Waals surface area contributed by atoms with Gasteiger partial charge in [0.1, 0.15) is 5.75 Å². The molecule has 7 heteroatoms. The van der Waals surface area contributed by atoms with Gasteiger partial charge in [-0.2, -0.15) is 13.2 Å². The van der Waals surface area contributed by atoms with Gasteiger partial charge in [0.25, 0.3) is 0 Å². The van der Waals surface area contributed by atoms with E-state index >= 15 is 0 Å². The molecule has 0 amide bonds. The lowest BCUT2D eigenvalue weighted by Crippen LogP contribution is -2.08. The highest BCUT2D eigenvalue weighted by Gasteiger charge is 2.32. The van der Waals surface area contributed by atoms with Crippen LogP contribution in [0.2, 0.25) is 0 Å². The fraction of sp³-hybridized carbons (Fsp3) is 0.231. The van der Waals surface area contributed by atoms with Crippen molar-refractivity contribution < 1.29 is 17.9 Å². The van der Waals surface area contributed by atoms with Crippen molar-refractivity contribution in [3.63, 3.8) is 0 Å². The summed E-state index contributed by atoms with van der Waals surface area (Å²) in [5.41, 5.74) is 0.868. The van der Waals surface area contributed by atoms with Crippen LogP contribution in [0.4, 0.5) is 13.2 Å². The van der Waals surface area contributed by atoms with Crippen LogP contribution in [0.1, 0.15) is 16.8 Å². The third-order valence-corrected chi connectivity index (χ3v) is 3.81. The molecule has 1 aromatic carbocycles. The van der Waals surface area contributed by atoms with E-state index in [1.54, 1.807) is 12.1 Å². The van der Waals surface area contributed by atoms with E-state index in [0.717, 1.165) is 27.7 Å². The van der Waals surface area contributed by atoms with E-state index in [-0.39, 0.29) is 5.88 Å². The molecule has 106 valence electrons. The number of benzene rings is 1. The van der Waals surface area contributed by atoms with Crippen LogP contribution in [-0.2, 0) is 6.18 Å². The van der Waals surface area contributed by atoms with E-state index < -0.39 is 11.9 Å². The van der Waals surface area contributed by atoms with Gasteiger partial charge in [-0.25, -0.2) is 0 Å². The zero-order valence-corrected chi connectivity index (χ0v) is 12.2. The SMILES string of the molecule is Cc1cc(Oc2ccc(C(F)(F)F)nn2)cc(C)c1Br. The van der Waals surface area contributed by atoms with Crippen LogP contribution in [-0.4, -0.2) is 10.2 Å². The molecule has 20 heavy (non-hydrogen) atoms. The lowest BCUT2D eigenvalue weighted by molar-refractivity contribution is -0.141. The summed E-state index contributed by atoms with van der Waals surface area (Å²) in [5.74, 6) is 0.511. The Hall–Kier alpha value is -1.63. The van der Waals surface area contributed by atoms with Crippen LogP contribution in [0.3, 0.4) is 0 Å². The van der Waals surface area contributed by atoms with E-state index in [4.69, 9.17) is 4.74 Å². The molecule has 0 aliphatic rings. The molecule has 0 bridgehead atoms. The van der Waals surface area contributed by atoms with Crippen LogP contribution in [0.5, 0.6) is 11.6 Å². The van der Waals surface area contributed by atoms with Crippen molar-refractivity contribution >= 4 is 15.9 Å². The maximum absolute atomic E-state index is 12.3. The summed E-state index contributed by atoms with van der Waals surface area (Å²) < 4.78 is 43.4. The molecule has 2 rings (SSSR count). The third-order valence-electron chi connectivity index (χ3n) is 2.56. The van der Waals surface area contributed by atoms with Crippen LogP contribution in [0, 0.1) is 13.8 Å². The van der Waals surface area contributed by atoms with E-state index in [1.165, 1.54) is 0 Å². The summed E-state index contributed by atoms with van der Waals surface area (Å²) in [4.78, 5) is 0. The molecule has 0 aliphatic heterocycles. The second-order valence-electron chi connectivity index (χ2n) is 4.23. The average Bonchev–Trinajstić information content (AvgIpc) is 2.35. The first-order chi connectivity index (χ1) is 9.27. The van der Waals surface area contributed by atoms with Crippen molar-refractivity contribution in [3.8, 4) is 11.6 Å². The molecule has 0 N–H and O–H groups in total. The zero-order valence-electron chi connectivity index (χ0n) is 10.6. The molecule has 3 nitrogen and oxygen atoms in total. The smallest absolute Gasteiger partial charge is 0.435 e. The summed E-state index contributed by atoms with van der Waals surface area (Å²) in [5, 5.41) is 6.52. The van der Waals surface area contributed by atoms with Crippen molar-refractivity contribution in [1.82, 2.24) is 10.2 Å². The van der Waals surface area contributed by atoms with Gasteiger partial charge in [-0.3, -0.25) is 0 Å². The first kappa shape index (κ1) is 14.8. The largest absolute Gasteiger partial charge is 0.438 e. The number of nitrogens with zero attached hydrogens (tertiary/aromatic N) is 2. The Morgan fingerprint density at radius 2 is 1.65 bits per heavy atom. The second kappa shape index (κ2) is 5.40. The minimum atomic E-state index is -4.50. The molecule has 0 spiro atoms. The van der Waals surface area contributed by atoms with Crippen molar-refractivity contribution in [1.29, 1.82) is 0 Å². The predicted molar refractivity (Wildman–Crippen MR) is 70.7 cm³/mol. The molecule has 1 heterocycles. The molecule has 2 aromatic rings. The topological polar surface area (TPSA) is 35.0 Å². The van der Waals surface area contributed by atoms with Gasteiger partial charge in [-0.1, -0.05) is 15.9 Å². The lowest BCUT2D eigenvalue weighted by Gasteiger charge is -2.09. The van der Waals surface area contributed by atoms with Gasteiger partial charge in [0.15, 0.2) is 5.69 Å². The fourth-order valence-corrected chi connectivity index (χ4v) is 1.84. The maximum Gasteiger partial charge on any atom is 0.435 e. The van der Waals surface area contributed by atoms with Crippen molar-refractivity contribution in [2.24, 2.45) is 0 Å². The summed E-state index contributed by atoms with van der Waals surface area (Å²) in [7, 11) is 0. The fourth-order valence-electron chi connectivity index (χ4n) is 1.61. The number of ether oxygens (including phenoxy) is 1. The summed E-state index contributed by atoms with van der Waals surface area (Å²) in [6.07, 6.45) is -4.50. The minimum Gasteiger partial charge on any atom is -0.438 e. The monoisotopic (exact) mass is 346 g/mol. The van der Waals surface area contributed by atoms with Crippen molar-refractivity contribution in [2.75, 3.05) is 0 Å². The van der Waals surface area contributed by atoms with Gasteiger partial charge in [-0.05, 0) is 43.2 Å². The van der Waals surface area contributed by atoms with Gasteiger partial charge in [0, 0.05) is 10.5 Å². The normalized spacial score (nSPS) is 11.5. The van der Waals surface area contributed by atoms with Crippen molar-refractivity contribution in [2.45, 2.75) is 20.0 Å². The number of aromatic nitrogens is 2. The van der Waals surface area contributed by atoms with Crippen LogP contribution in [0.25, 0.3) is 0 Å². The highest BCUT2D eigenvalue weighted by molar-refractivity contribution is 9.10. The minimum absolute atomic E-state index is 0.0131. The van der Waals surface area contributed by atoms with Gasteiger partial charge in [-0.15, -0.1) is 10.2 Å². The summed E-state index contributed by atoms with van der Waals surface area (Å²) in [6.45, 7) is 3.78. The highest BCUT2D eigenvalue weighted by Crippen LogP contribution is 2.30. The van der Waals surface area contributed by atoms with E-state index in [2.05, 4.69) is 26.1 Å². The standard InChI is InChI=1S/C13H10BrF3N2O/c1-7-5-9(6-8(2)12(7)14)20-11-4-3-10(18-19-11)13(15,16)17/h3-6H,1-2H3. The summed E-state index contributed by atoms with van der Waals surface area (Å²) in [6, 6.07) is 5.50.